The van der Waals surface area contributed by atoms with Gasteiger partial charge in [0.25, 0.3) is 0 Å². The quantitative estimate of drug-likeness (QED) is 0.240. The highest BCUT2D eigenvalue weighted by atomic mass is 19.2. The molecule has 2 aromatic rings. The Balaban J connectivity index is 1.71. The molecule has 0 saturated carbocycles. The number of rotatable bonds is 4. The van der Waals surface area contributed by atoms with Crippen LogP contribution in [0.2, 0.25) is 0 Å². The molecule has 0 saturated heterocycles. The first kappa shape index (κ1) is 25.5. The molecule has 0 bridgehead atoms. The monoisotopic (exact) mass is 520 g/mol. The average Bonchev–Trinajstić information content (AvgIpc) is 2.93. The summed E-state index contributed by atoms with van der Waals surface area (Å²) < 4.78 is 72.2. The lowest BCUT2D eigenvalue weighted by atomic mass is 9.84. The van der Waals surface area contributed by atoms with E-state index in [1.54, 1.807) is 0 Å². The van der Waals surface area contributed by atoms with Crippen LogP contribution in [-0.4, -0.2) is 31.5 Å². The van der Waals surface area contributed by atoms with E-state index in [1.165, 1.54) is 6.08 Å². The molecule has 0 amide bonds. The lowest BCUT2D eigenvalue weighted by molar-refractivity contribution is -0.462. The fourth-order valence-corrected chi connectivity index (χ4v) is 4.83. The minimum Gasteiger partial charge on any atom is -0.491 e. The van der Waals surface area contributed by atoms with E-state index in [-0.39, 0.29) is 5.76 Å². The van der Waals surface area contributed by atoms with Crippen LogP contribution in [0.3, 0.4) is 0 Å². The Labute approximate surface area is 218 Å². The second-order valence-electron chi connectivity index (χ2n) is 9.37. The minimum atomic E-state index is -1.62. The first-order valence-corrected chi connectivity index (χ1v) is 12.2. The number of methoxy groups -OCH3 is 1. The summed E-state index contributed by atoms with van der Waals surface area (Å²) in [4.78, 5) is 0. The van der Waals surface area contributed by atoms with Crippen LogP contribution in [0.15, 0.2) is 89.3 Å². The Bertz CT molecular complexity index is 1490. The molecule has 0 radical (unpaired) electrons. The van der Waals surface area contributed by atoms with Crippen LogP contribution in [0.4, 0.5) is 17.6 Å². The molecule has 0 aromatic heterocycles. The second-order valence-corrected chi connectivity index (χ2v) is 9.37. The molecular formula is C31H26F4NO2+. The van der Waals surface area contributed by atoms with Gasteiger partial charge in [0.05, 0.1) is 12.7 Å². The van der Waals surface area contributed by atoms with Gasteiger partial charge in [0, 0.05) is 17.7 Å². The summed E-state index contributed by atoms with van der Waals surface area (Å²) in [6.45, 7) is 0. The zero-order valence-electron chi connectivity index (χ0n) is 21.2. The van der Waals surface area contributed by atoms with Gasteiger partial charge in [-0.25, -0.2) is 13.4 Å². The SMILES string of the molecule is COc1c(F)c(F)c(C2=CC(c3ccccc3)=C3CCCC(C=C4C=CC(=[N+](C)C)C=C4)=C3O2)c(F)c1F. The molecule has 38 heavy (non-hydrogen) atoms. The lowest BCUT2D eigenvalue weighted by Crippen LogP contribution is -2.15. The maximum Gasteiger partial charge on any atom is 0.204 e. The van der Waals surface area contributed by atoms with Crippen LogP contribution in [0, 0.1) is 23.3 Å². The zero-order valence-corrected chi connectivity index (χ0v) is 21.2. The molecule has 0 atom stereocenters. The van der Waals surface area contributed by atoms with E-state index in [2.05, 4.69) is 4.74 Å². The number of fused-ring (bicyclic) bond motifs is 1. The van der Waals surface area contributed by atoms with Gasteiger partial charge in [-0.15, -0.1) is 0 Å². The van der Waals surface area contributed by atoms with Gasteiger partial charge < -0.3 is 9.47 Å². The molecule has 0 unspecified atom stereocenters. The second kappa shape index (κ2) is 10.3. The van der Waals surface area contributed by atoms with Gasteiger partial charge in [0.15, 0.2) is 23.1 Å². The first-order valence-electron chi connectivity index (χ1n) is 12.2. The Morgan fingerprint density at radius 2 is 1.53 bits per heavy atom. The van der Waals surface area contributed by atoms with Crippen molar-refractivity contribution in [1.82, 2.24) is 0 Å². The highest BCUT2D eigenvalue weighted by molar-refractivity contribution is 6.02. The lowest BCUT2D eigenvalue weighted by Gasteiger charge is -2.29. The van der Waals surface area contributed by atoms with Crippen LogP contribution in [0.1, 0.15) is 30.4 Å². The number of allylic oxidation sites excluding steroid dienone is 10. The number of hydrogen-bond acceptors (Lipinski definition) is 2. The molecule has 0 fully saturated rings. The van der Waals surface area contributed by atoms with Crippen molar-refractivity contribution in [3.63, 3.8) is 0 Å². The third-order valence-corrected chi connectivity index (χ3v) is 6.76. The molecule has 7 heteroatoms. The summed E-state index contributed by atoms with van der Waals surface area (Å²) in [5, 5.41) is 0. The van der Waals surface area contributed by atoms with E-state index >= 15 is 8.78 Å². The Morgan fingerprint density at radius 3 is 2.13 bits per heavy atom. The topological polar surface area (TPSA) is 21.5 Å². The summed E-state index contributed by atoms with van der Waals surface area (Å²) in [6, 6.07) is 9.32. The molecule has 0 N–H and O–H groups in total. The van der Waals surface area contributed by atoms with Crippen LogP contribution < -0.4 is 4.74 Å². The van der Waals surface area contributed by atoms with Gasteiger partial charge >= 0.3 is 0 Å². The van der Waals surface area contributed by atoms with Crippen molar-refractivity contribution < 1.29 is 31.6 Å². The highest BCUT2D eigenvalue weighted by Gasteiger charge is 2.33. The summed E-state index contributed by atoms with van der Waals surface area (Å²) in [6.07, 6.45) is 13.6. The fraction of sp³-hybridized carbons (Fsp3) is 0.194. The summed E-state index contributed by atoms with van der Waals surface area (Å²) in [5.41, 5.74) is 4.25. The van der Waals surface area contributed by atoms with Crippen LogP contribution >= 0.6 is 0 Å². The van der Waals surface area contributed by atoms with Crippen LogP contribution in [-0.2, 0) is 4.74 Å². The van der Waals surface area contributed by atoms with Gasteiger partial charge in [-0.2, -0.15) is 8.78 Å². The van der Waals surface area contributed by atoms with Crippen molar-refractivity contribution in [2.45, 2.75) is 19.3 Å². The van der Waals surface area contributed by atoms with Gasteiger partial charge in [-0.05, 0) is 65.8 Å². The third kappa shape index (κ3) is 4.53. The highest BCUT2D eigenvalue weighted by Crippen LogP contribution is 2.45. The normalized spacial score (nSPS) is 16.9. The zero-order chi connectivity index (χ0) is 27.0. The van der Waals surface area contributed by atoms with E-state index in [9.17, 15) is 8.78 Å². The predicted molar refractivity (Wildman–Crippen MR) is 140 cm³/mol. The molecule has 2 aromatic carbocycles. The van der Waals surface area contributed by atoms with Crippen molar-refractivity contribution in [3.8, 4) is 5.75 Å². The summed E-state index contributed by atoms with van der Waals surface area (Å²) in [5.74, 6) is -7.38. The molecule has 194 valence electrons. The standard InChI is InChI=1S/C31H26F4NO2/c1-36(2)21-14-12-18(13-15-21)16-20-10-7-11-22-23(19-8-5-4-6-9-19)17-24(38-30(20)22)25-26(32)28(34)31(37-3)29(35)27(25)33/h4-6,8-9,12-17H,7,10-11H2,1-3H3/q+1. The van der Waals surface area contributed by atoms with E-state index in [0.717, 1.165) is 41.5 Å². The van der Waals surface area contributed by atoms with Gasteiger partial charge in [0.2, 0.25) is 11.6 Å². The summed E-state index contributed by atoms with van der Waals surface area (Å²) >= 11 is 0. The first-order chi connectivity index (χ1) is 18.3. The van der Waals surface area contributed by atoms with E-state index in [4.69, 9.17) is 4.74 Å². The molecule has 3 aliphatic rings. The van der Waals surface area contributed by atoms with E-state index < -0.39 is 34.6 Å². The smallest absolute Gasteiger partial charge is 0.204 e. The van der Waals surface area contributed by atoms with Gasteiger partial charge in [-0.3, -0.25) is 0 Å². The molecule has 0 spiro atoms. The molecule has 3 nitrogen and oxygen atoms in total. The van der Waals surface area contributed by atoms with Crippen molar-refractivity contribution in [3.05, 3.63) is 124 Å². The number of ether oxygens (including phenoxy) is 2. The van der Waals surface area contributed by atoms with Crippen molar-refractivity contribution in [1.29, 1.82) is 0 Å². The number of nitrogens with zero attached hydrogens (tertiary/aromatic N) is 1. The van der Waals surface area contributed by atoms with Gasteiger partial charge in [-0.1, -0.05) is 30.3 Å². The van der Waals surface area contributed by atoms with Crippen LogP contribution in [0.5, 0.6) is 5.75 Å². The Kier molecular flexibility index (Phi) is 6.93. The molecule has 1 aliphatic heterocycles. The average molecular weight is 521 g/mol. The molecule has 1 heterocycles. The molecular weight excluding hydrogens is 494 g/mol. The van der Waals surface area contributed by atoms with Gasteiger partial charge in [0.1, 0.15) is 25.6 Å². The maximum atomic E-state index is 15.1. The molecule has 2 aliphatic carbocycles. The number of hydrogen-bond donors (Lipinski definition) is 0. The number of benzene rings is 2. The van der Waals surface area contributed by atoms with Crippen molar-refractivity contribution in [2.24, 2.45) is 0 Å². The van der Waals surface area contributed by atoms with E-state index in [0.29, 0.717) is 24.2 Å². The summed E-state index contributed by atoms with van der Waals surface area (Å²) in [7, 11) is 4.86. The minimum absolute atomic E-state index is 0.311. The van der Waals surface area contributed by atoms with Crippen molar-refractivity contribution >= 4 is 17.0 Å². The predicted octanol–water partition coefficient (Wildman–Crippen LogP) is 7.28. The maximum absolute atomic E-state index is 15.1. The number of halogens is 4. The van der Waals surface area contributed by atoms with Crippen LogP contribution in [0.25, 0.3) is 11.3 Å². The third-order valence-electron chi connectivity index (χ3n) is 6.76. The molecule has 5 rings (SSSR count). The Morgan fingerprint density at radius 1 is 0.868 bits per heavy atom. The fourth-order valence-electron chi connectivity index (χ4n) is 4.83. The van der Waals surface area contributed by atoms with Crippen molar-refractivity contribution in [2.75, 3.05) is 21.2 Å². The largest absolute Gasteiger partial charge is 0.491 e. The Hall–Kier alpha value is -4.13. The van der Waals surface area contributed by atoms with E-state index in [1.807, 2.05) is 79.4 Å².